The molecule has 6 heteroatoms. The molecule has 1 rings (SSSR count). The lowest BCUT2D eigenvalue weighted by molar-refractivity contribution is 0.0129. The van der Waals surface area contributed by atoms with Crippen LogP contribution in [0.2, 0.25) is 0 Å². The number of hydrogen-bond donors (Lipinski definition) is 3. The zero-order chi connectivity index (χ0) is 14.5. The van der Waals surface area contributed by atoms with Crippen LogP contribution in [0.15, 0.2) is 24.5 Å². The topological polar surface area (TPSA) is 91.7 Å². The molecule has 19 heavy (non-hydrogen) atoms. The molecule has 106 valence electrons. The van der Waals surface area contributed by atoms with Crippen molar-refractivity contribution >= 4 is 6.09 Å². The first-order valence-electron chi connectivity index (χ1n) is 6.02. The monoisotopic (exact) mass is 268 g/mol. The molecule has 1 aromatic rings. The van der Waals surface area contributed by atoms with Crippen molar-refractivity contribution in [2.45, 2.75) is 38.6 Å². The zero-order valence-electron chi connectivity index (χ0n) is 11.3. The highest BCUT2D eigenvalue weighted by Crippen LogP contribution is 2.15. The normalized spacial score (nSPS) is 14.6. The second-order valence-electron chi connectivity index (χ2n) is 5.18. The van der Waals surface area contributed by atoms with Crippen LogP contribution >= 0.6 is 0 Å². The van der Waals surface area contributed by atoms with Crippen LogP contribution in [0, 0.1) is 0 Å². The lowest BCUT2D eigenvalue weighted by Gasteiger charge is -2.22. The smallest absolute Gasteiger partial charge is 0.407 e. The van der Waals surface area contributed by atoms with Gasteiger partial charge in [0.2, 0.25) is 0 Å². The fourth-order valence-corrected chi connectivity index (χ4v) is 1.40. The number of aliphatic hydroxyl groups is 2. The molecule has 0 radical (unpaired) electrons. The van der Waals surface area contributed by atoms with Crippen molar-refractivity contribution in [3.8, 4) is 0 Å². The highest BCUT2D eigenvalue weighted by molar-refractivity contribution is 5.67. The standard InChI is InChI=1S/C13H20N2O4/c1-13(2,3)19-12(18)15-8-10(16)11(17)9-4-6-14-7-5-9/h4-7,10-11,16-17H,8H2,1-3H3,(H,15,18). The highest BCUT2D eigenvalue weighted by Gasteiger charge is 2.21. The number of hydrogen-bond acceptors (Lipinski definition) is 5. The fourth-order valence-electron chi connectivity index (χ4n) is 1.40. The largest absolute Gasteiger partial charge is 0.444 e. The van der Waals surface area contributed by atoms with Gasteiger partial charge >= 0.3 is 6.09 Å². The van der Waals surface area contributed by atoms with Crippen molar-refractivity contribution in [1.29, 1.82) is 0 Å². The average molecular weight is 268 g/mol. The third kappa shape index (κ3) is 5.67. The number of nitrogens with one attached hydrogen (secondary N) is 1. The molecule has 0 aliphatic rings. The minimum absolute atomic E-state index is 0.0988. The van der Waals surface area contributed by atoms with Crippen LogP contribution in [0.5, 0.6) is 0 Å². The number of nitrogens with zero attached hydrogens (tertiary/aromatic N) is 1. The lowest BCUT2D eigenvalue weighted by atomic mass is 10.1. The molecular weight excluding hydrogens is 248 g/mol. The minimum atomic E-state index is -1.12. The van der Waals surface area contributed by atoms with E-state index in [1.54, 1.807) is 32.9 Å². The van der Waals surface area contributed by atoms with Crippen molar-refractivity contribution in [1.82, 2.24) is 10.3 Å². The molecule has 1 aromatic heterocycles. The van der Waals surface area contributed by atoms with Crippen LogP contribution in [-0.2, 0) is 4.74 Å². The fraction of sp³-hybridized carbons (Fsp3) is 0.538. The summed E-state index contributed by atoms with van der Waals surface area (Å²) in [6.45, 7) is 5.14. The van der Waals surface area contributed by atoms with Crippen LogP contribution in [0.3, 0.4) is 0 Å². The second-order valence-corrected chi connectivity index (χ2v) is 5.18. The second kappa shape index (κ2) is 6.49. The molecule has 6 nitrogen and oxygen atoms in total. The Bertz CT molecular complexity index is 403. The van der Waals surface area contributed by atoms with E-state index in [2.05, 4.69) is 10.3 Å². The predicted molar refractivity (Wildman–Crippen MR) is 69.4 cm³/mol. The molecule has 0 saturated carbocycles. The Labute approximate surface area is 112 Å². The molecule has 0 aliphatic heterocycles. The van der Waals surface area contributed by atoms with Gasteiger partial charge in [0.05, 0.1) is 0 Å². The molecule has 0 aromatic carbocycles. The zero-order valence-corrected chi connectivity index (χ0v) is 11.3. The number of pyridine rings is 1. The first-order valence-corrected chi connectivity index (χ1v) is 6.02. The van der Waals surface area contributed by atoms with E-state index in [0.29, 0.717) is 5.56 Å². The molecule has 0 bridgehead atoms. The molecule has 3 N–H and O–H groups in total. The Hall–Kier alpha value is -1.66. The molecule has 0 fully saturated rings. The van der Waals surface area contributed by atoms with Crippen molar-refractivity contribution in [2.24, 2.45) is 0 Å². The van der Waals surface area contributed by atoms with E-state index in [-0.39, 0.29) is 6.54 Å². The molecule has 0 spiro atoms. The van der Waals surface area contributed by atoms with E-state index >= 15 is 0 Å². The Morgan fingerprint density at radius 1 is 1.37 bits per heavy atom. The van der Waals surface area contributed by atoms with Gasteiger partial charge in [0, 0.05) is 18.9 Å². The summed E-state index contributed by atoms with van der Waals surface area (Å²) in [4.78, 5) is 15.2. The summed E-state index contributed by atoms with van der Waals surface area (Å²) >= 11 is 0. The molecule has 2 atom stereocenters. The van der Waals surface area contributed by atoms with Gasteiger partial charge in [0.1, 0.15) is 17.8 Å². The quantitative estimate of drug-likeness (QED) is 0.757. The van der Waals surface area contributed by atoms with Gasteiger partial charge in [-0.1, -0.05) is 0 Å². The maximum Gasteiger partial charge on any atom is 0.407 e. The van der Waals surface area contributed by atoms with E-state index in [9.17, 15) is 15.0 Å². The van der Waals surface area contributed by atoms with E-state index in [0.717, 1.165) is 0 Å². The Morgan fingerprint density at radius 2 is 1.95 bits per heavy atom. The number of amides is 1. The number of ether oxygens (including phenoxy) is 1. The van der Waals surface area contributed by atoms with Gasteiger partial charge in [0.15, 0.2) is 0 Å². The van der Waals surface area contributed by atoms with Crippen molar-refractivity contribution in [3.63, 3.8) is 0 Å². The molecule has 1 amide bonds. The lowest BCUT2D eigenvalue weighted by Crippen LogP contribution is -2.38. The van der Waals surface area contributed by atoms with E-state index < -0.39 is 23.9 Å². The first kappa shape index (κ1) is 15.4. The molecule has 0 saturated heterocycles. The van der Waals surface area contributed by atoms with E-state index in [1.165, 1.54) is 12.4 Å². The van der Waals surface area contributed by atoms with Crippen LogP contribution in [0.25, 0.3) is 0 Å². The third-order valence-electron chi connectivity index (χ3n) is 2.27. The molecule has 1 heterocycles. The van der Waals surface area contributed by atoms with Gasteiger partial charge in [-0.3, -0.25) is 4.98 Å². The van der Waals surface area contributed by atoms with Crippen LogP contribution in [0.4, 0.5) is 4.79 Å². The number of aromatic nitrogens is 1. The Balaban J connectivity index is 2.43. The summed E-state index contributed by atoms with van der Waals surface area (Å²) in [5, 5.41) is 22.0. The van der Waals surface area contributed by atoms with Crippen molar-refractivity contribution < 1.29 is 19.7 Å². The van der Waals surface area contributed by atoms with Gasteiger partial charge in [-0.05, 0) is 38.5 Å². The highest BCUT2D eigenvalue weighted by atomic mass is 16.6. The minimum Gasteiger partial charge on any atom is -0.444 e. The number of aliphatic hydroxyl groups excluding tert-OH is 2. The summed E-state index contributed by atoms with van der Waals surface area (Å²) in [6, 6.07) is 3.20. The number of carbonyl (C=O) groups is 1. The number of carbonyl (C=O) groups excluding carboxylic acids is 1. The van der Waals surface area contributed by atoms with Crippen LogP contribution < -0.4 is 5.32 Å². The number of rotatable bonds is 4. The van der Waals surface area contributed by atoms with Gasteiger partial charge in [-0.2, -0.15) is 0 Å². The van der Waals surface area contributed by atoms with Gasteiger partial charge < -0.3 is 20.3 Å². The summed E-state index contributed by atoms with van der Waals surface area (Å²) in [6.07, 6.45) is 0.209. The average Bonchev–Trinajstić information content (AvgIpc) is 2.34. The van der Waals surface area contributed by atoms with Crippen molar-refractivity contribution in [2.75, 3.05) is 6.54 Å². The molecule has 0 aliphatic carbocycles. The molecular formula is C13H20N2O4. The maximum atomic E-state index is 11.4. The molecule has 2 unspecified atom stereocenters. The van der Waals surface area contributed by atoms with E-state index in [4.69, 9.17) is 4.74 Å². The van der Waals surface area contributed by atoms with E-state index in [1.807, 2.05) is 0 Å². The van der Waals surface area contributed by atoms with Crippen LogP contribution in [-0.4, -0.2) is 39.5 Å². The summed E-state index contributed by atoms with van der Waals surface area (Å²) in [5.41, 5.74) is -0.0628. The number of alkyl carbamates (subject to hydrolysis) is 1. The third-order valence-corrected chi connectivity index (χ3v) is 2.27. The van der Waals surface area contributed by atoms with Crippen molar-refractivity contribution in [3.05, 3.63) is 30.1 Å². The Morgan fingerprint density at radius 3 is 2.47 bits per heavy atom. The van der Waals surface area contributed by atoms with Gasteiger partial charge in [-0.25, -0.2) is 4.79 Å². The maximum absolute atomic E-state index is 11.4. The van der Waals surface area contributed by atoms with Crippen LogP contribution in [0.1, 0.15) is 32.4 Å². The Kier molecular flexibility index (Phi) is 5.26. The SMILES string of the molecule is CC(C)(C)OC(=O)NCC(O)C(O)c1ccncc1. The summed E-state index contributed by atoms with van der Waals surface area (Å²) in [5.74, 6) is 0. The summed E-state index contributed by atoms with van der Waals surface area (Å²) in [7, 11) is 0. The summed E-state index contributed by atoms with van der Waals surface area (Å²) < 4.78 is 5.02. The van der Waals surface area contributed by atoms with Gasteiger partial charge in [-0.15, -0.1) is 0 Å². The first-order chi connectivity index (χ1) is 8.79. The van der Waals surface area contributed by atoms with Gasteiger partial charge in [0.25, 0.3) is 0 Å². The predicted octanol–water partition coefficient (Wildman–Crippen LogP) is 1.00.